The Morgan fingerprint density at radius 1 is 1.07 bits per heavy atom. The van der Waals surface area contributed by atoms with E-state index in [0.717, 1.165) is 5.69 Å². The largest absolute Gasteiger partial charge is 0.497 e. The Morgan fingerprint density at radius 3 is 2.48 bits per heavy atom. The molecule has 0 bridgehead atoms. The summed E-state index contributed by atoms with van der Waals surface area (Å²) in [5.74, 6) is 0.655. The first-order valence-corrected chi connectivity index (χ1v) is 10.4. The summed E-state index contributed by atoms with van der Waals surface area (Å²) in [7, 11) is -2.21. The van der Waals surface area contributed by atoms with Crippen LogP contribution < -0.4 is 9.46 Å². The van der Waals surface area contributed by atoms with Crippen LogP contribution in [0.15, 0.2) is 79.8 Å². The second-order valence-electron chi connectivity index (χ2n) is 6.13. The van der Waals surface area contributed by atoms with Gasteiger partial charge in [-0.25, -0.2) is 18.4 Å². The predicted octanol–water partition coefficient (Wildman–Crippen LogP) is 4.32. The molecule has 6 nitrogen and oxygen atoms in total. The highest BCUT2D eigenvalue weighted by atomic mass is 32.2. The van der Waals surface area contributed by atoms with E-state index in [1.54, 1.807) is 67.9 Å². The van der Waals surface area contributed by atoms with Crippen LogP contribution in [0.25, 0.3) is 12.2 Å². The van der Waals surface area contributed by atoms with E-state index >= 15 is 0 Å². The minimum Gasteiger partial charge on any atom is -0.497 e. The zero-order valence-electron chi connectivity index (χ0n) is 15.9. The summed E-state index contributed by atoms with van der Waals surface area (Å²) in [6.07, 6.45) is 8.10. The Hall–Kier alpha value is -3.45. The molecule has 1 heterocycles. The van der Waals surface area contributed by atoms with E-state index in [1.165, 1.54) is 12.4 Å². The fraction of sp³-hybridized carbons (Fsp3) is 0.0909. The van der Waals surface area contributed by atoms with Crippen molar-refractivity contribution in [3.63, 3.8) is 0 Å². The van der Waals surface area contributed by atoms with E-state index in [-0.39, 0.29) is 0 Å². The summed E-state index contributed by atoms with van der Waals surface area (Å²) >= 11 is 0. The highest BCUT2D eigenvalue weighted by molar-refractivity contribution is 7.93. The quantitative estimate of drug-likeness (QED) is 0.562. The van der Waals surface area contributed by atoms with Crippen LogP contribution in [0.1, 0.15) is 22.1 Å². The SMILES string of the molecule is C=CC(c1ccc(OC)cc1)S(=O)(=O)Nc1ccccc1C=Cc1ccncn1. The first kappa shape index (κ1) is 20.3. The molecule has 3 rings (SSSR count). The summed E-state index contributed by atoms with van der Waals surface area (Å²) in [5.41, 5.74) is 2.51. The Kier molecular flexibility index (Phi) is 6.41. The maximum absolute atomic E-state index is 13.1. The second kappa shape index (κ2) is 9.16. The molecule has 0 aliphatic carbocycles. The van der Waals surface area contributed by atoms with Gasteiger partial charge in [0.2, 0.25) is 10.0 Å². The van der Waals surface area contributed by atoms with Crippen molar-refractivity contribution in [2.45, 2.75) is 5.25 Å². The summed E-state index contributed by atoms with van der Waals surface area (Å²) in [6.45, 7) is 3.71. The highest BCUT2D eigenvalue weighted by Gasteiger charge is 2.25. The molecule has 1 N–H and O–H groups in total. The van der Waals surface area contributed by atoms with Gasteiger partial charge in [0, 0.05) is 6.20 Å². The van der Waals surface area contributed by atoms with Crippen molar-refractivity contribution in [3.8, 4) is 5.75 Å². The molecule has 3 aromatic rings. The van der Waals surface area contributed by atoms with E-state index < -0.39 is 15.3 Å². The zero-order chi connectivity index (χ0) is 20.7. The number of methoxy groups -OCH3 is 1. The zero-order valence-corrected chi connectivity index (χ0v) is 16.7. The van der Waals surface area contributed by atoms with Crippen molar-refractivity contribution in [1.82, 2.24) is 9.97 Å². The lowest BCUT2D eigenvalue weighted by Crippen LogP contribution is -2.20. The number of sulfonamides is 1. The van der Waals surface area contributed by atoms with Gasteiger partial charge in [-0.05, 0) is 41.5 Å². The molecule has 0 saturated carbocycles. The minimum atomic E-state index is -3.77. The number of rotatable bonds is 8. The molecule has 0 fully saturated rings. The van der Waals surface area contributed by atoms with Gasteiger partial charge in [0.15, 0.2) is 0 Å². The van der Waals surface area contributed by atoms with Gasteiger partial charge in [-0.3, -0.25) is 4.72 Å². The minimum absolute atomic E-state index is 0.471. The fourth-order valence-corrected chi connectivity index (χ4v) is 4.15. The Labute approximate surface area is 170 Å². The number of ether oxygens (including phenoxy) is 1. The molecule has 0 saturated heterocycles. The molecule has 7 heteroatoms. The van der Waals surface area contributed by atoms with E-state index in [0.29, 0.717) is 22.6 Å². The number of anilines is 1. The van der Waals surface area contributed by atoms with Gasteiger partial charge in [-0.2, -0.15) is 0 Å². The molecule has 148 valence electrons. The summed E-state index contributed by atoms with van der Waals surface area (Å²) in [6, 6.07) is 15.8. The van der Waals surface area contributed by atoms with E-state index in [4.69, 9.17) is 4.74 Å². The molecule has 1 unspecified atom stereocenters. The molecule has 0 spiro atoms. The number of nitrogens with one attached hydrogen (secondary N) is 1. The Morgan fingerprint density at radius 2 is 1.83 bits per heavy atom. The van der Waals surface area contributed by atoms with Crippen LogP contribution in [0.3, 0.4) is 0 Å². The van der Waals surface area contributed by atoms with E-state index in [1.807, 2.05) is 12.1 Å². The average Bonchev–Trinajstić information content (AvgIpc) is 2.74. The molecule has 2 aromatic carbocycles. The summed E-state index contributed by atoms with van der Waals surface area (Å²) < 4.78 is 33.9. The monoisotopic (exact) mass is 407 g/mol. The molecule has 1 atom stereocenters. The fourth-order valence-electron chi connectivity index (χ4n) is 2.76. The second-order valence-corrected chi connectivity index (χ2v) is 7.93. The van der Waals surface area contributed by atoms with Crippen molar-refractivity contribution >= 4 is 27.9 Å². The maximum Gasteiger partial charge on any atom is 0.243 e. The topological polar surface area (TPSA) is 81.2 Å². The molecule has 1 aromatic heterocycles. The lowest BCUT2D eigenvalue weighted by Gasteiger charge is -2.17. The van der Waals surface area contributed by atoms with Crippen LogP contribution >= 0.6 is 0 Å². The van der Waals surface area contributed by atoms with Crippen LogP contribution in [0.5, 0.6) is 5.75 Å². The normalized spacial score (nSPS) is 12.4. The maximum atomic E-state index is 13.1. The molecule has 0 aliphatic heterocycles. The highest BCUT2D eigenvalue weighted by Crippen LogP contribution is 2.29. The summed E-state index contributed by atoms with van der Waals surface area (Å²) in [4.78, 5) is 8.01. The average molecular weight is 407 g/mol. The van der Waals surface area contributed by atoms with Crippen LogP contribution in [0.2, 0.25) is 0 Å². The summed E-state index contributed by atoms with van der Waals surface area (Å²) in [5, 5.41) is -0.910. The van der Waals surface area contributed by atoms with Gasteiger partial charge in [-0.1, -0.05) is 42.5 Å². The smallest absolute Gasteiger partial charge is 0.243 e. The van der Waals surface area contributed by atoms with Crippen LogP contribution in [-0.4, -0.2) is 25.5 Å². The van der Waals surface area contributed by atoms with Crippen molar-refractivity contribution < 1.29 is 13.2 Å². The molecular weight excluding hydrogens is 386 g/mol. The van der Waals surface area contributed by atoms with Gasteiger partial charge in [0.1, 0.15) is 17.3 Å². The van der Waals surface area contributed by atoms with Crippen molar-refractivity contribution in [2.75, 3.05) is 11.8 Å². The lowest BCUT2D eigenvalue weighted by atomic mass is 10.1. The van der Waals surface area contributed by atoms with E-state index in [9.17, 15) is 8.42 Å². The van der Waals surface area contributed by atoms with Crippen molar-refractivity contribution in [2.24, 2.45) is 0 Å². The third-order valence-corrected chi connectivity index (χ3v) is 5.88. The third-order valence-electron chi connectivity index (χ3n) is 4.24. The molecular formula is C22H21N3O3S. The van der Waals surface area contributed by atoms with E-state index in [2.05, 4.69) is 21.3 Å². The first-order chi connectivity index (χ1) is 14.0. The van der Waals surface area contributed by atoms with Crippen molar-refractivity contribution in [1.29, 1.82) is 0 Å². The number of aromatic nitrogens is 2. The third kappa shape index (κ3) is 5.08. The van der Waals surface area contributed by atoms with Crippen LogP contribution in [0, 0.1) is 0 Å². The number of hydrogen-bond donors (Lipinski definition) is 1. The molecule has 0 aliphatic rings. The van der Waals surface area contributed by atoms with Crippen LogP contribution in [-0.2, 0) is 10.0 Å². The molecule has 0 amide bonds. The lowest BCUT2D eigenvalue weighted by molar-refractivity contribution is 0.414. The Balaban J connectivity index is 1.87. The van der Waals surface area contributed by atoms with Gasteiger partial charge in [0.05, 0.1) is 18.5 Å². The standard InChI is InChI=1S/C22H21N3O3S/c1-3-22(18-9-12-20(28-2)13-10-18)29(26,27)25-21-7-5-4-6-17(21)8-11-19-14-15-23-16-24-19/h3-16,22,25H,1H2,2H3. The van der Waals surface area contributed by atoms with Gasteiger partial charge in [-0.15, -0.1) is 6.58 Å². The molecule has 29 heavy (non-hydrogen) atoms. The number of nitrogens with zero attached hydrogens (tertiary/aromatic N) is 2. The van der Waals surface area contributed by atoms with Gasteiger partial charge in [0.25, 0.3) is 0 Å². The van der Waals surface area contributed by atoms with Gasteiger partial charge >= 0.3 is 0 Å². The van der Waals surface area contributed by atoms with Crippen LogP contribution in [0.4, 0.5) is 5.69 Å². The van der Waals surface area contributed by atoms with Crippen molar-refractivity contribution in [3.05, 3.63) is 96.6 Å². The Bertz CT molecular complexity index is 1100. The van der Waals surface area contributed by atoms with Gasteiger partial charge < -0.3 is 4.74 Å². The number of hydrogen-bond acceptors (Lipinski definition) is 5. The predicted molar refractivity (Wildman–Crippen MR) is 116 cm³/mol. The number of para-hydroxylation sites is 1. The number of benzene rings is 2. The molecule has 0 radical (unpaired) electrons. The first-order valence-electron chi connectivity index (χ1n) is 8.85.